The maximum Gasteiger partial charge on any atom is 0.341 e. The van der Waals surface area contributed by atoms with Crippen LogP contribution >= 0.6 is 0 Å². The molecular formula is C17H13NO3. The maximum absolute atomic E-state index is 12.2. The van der Waals surface area contributed by atoms with Gasteiger partial charge < -0.3 is 5.11 Å². The minimum absolute atomic E-state index is 0.225. The van der Waals surface area contributed by atoms with Gasteiger partial charge in [-0.3, -0.25) is 9.20 Å². The maximum atomic E-state index is 12.2. The molecule has 0 aliphatic rings. The second-order valence-corrected chi connectivity index (χ2v) is 4.85. The van der Waals surface area contributed by atoms with E-state index in [1.54, 1.807) is 12.3 Å². The first kappa shape index (κ1) is 13.1. The first-order valence-electron chi connectivity index (χ1n) is 6.53. The molecule has 0 saturated carbocycles. The Morgan fingerprint density at radius 3 is 2.48 bits per heavy atom. The van der Waals surface area contributed by atoms with E-state index in [0.717, 1.165) is 16.7 Å². The van der Waals surface area contributed by atoms with Crippen LogP contribution in [-0.2, 0) is 0 Å². The van der Waals surface area contributed by atoms with Gasteiger partial charge in [0.2, 0.25) is 0 Å². The number of aromatic carboxylic acids is 1. The second-order valence-electron chi connectivity index (χ2n) is 4.85. The molecule has 0 unspecified atom stereocenters. The number of pyridine rings is 2. The van der Waals surface area contributed by atoms with Crippen molar-refractivity contribution in [2.24, 2.45) is 0 Å². The Morgan fingerprint density at radius 1 is 1.05 bits per heavy atom. The van der Waals surface area contributed by atoms with Crippen molar-refractivity contribution in [1.29, 1.82) is 0 Å². The van der Waals surface area contributed by atoms with Crippen LogP contribution in [0.4, 0.5) is 0 Å². The predicted octanol–water partition coefficient (Wildman–Crippen LogP) is 2.97. The lowest BCUT2D eigenvalue weighted by Crippen LogP contribution is -2.22. The molecule has 2 aromatic heterocycles. The molecule has 1 N–H and O–H groups in total. The molecule has 0 spiro atoms. The molecule has 4 nitrogen and oxygen atoms in total. The van der Waals surface area contributed by atoms with Gasteiger partial charge in [0.1, 0.15) is 5.56 Å². The lowest BCUT2D eigenvalue weighted by atomic mass is 9.98. The minimum atomic E-state index is -1.21. The molecule has 3 rings (SSSR count). The third-order valence-corrected chi connectivity index (χ3v) is 3.54. The van der Waals surface area contributed by atoms with E-state index in [4.69, 9.17) is 0 Å². The average Bonchev–Trinajstić information content (AvgIpc) is 2.48. The number of fused-ring (bicyclic) bond motifs is 1. The van der Waals surface area contributed by atoms with Crippen LogP contribution in [0.5, 0.6) is 0 Å². The first-order chi connectivity index (χ1) is 10.1. The molecule has 0 bridgehead atoms. The fourth-order valence-corrected chi connectivity index (χ4v) is 2.49. The first-order valence-corrected chi connectivity index (χ1v) is 6.53. The number of rotatable bonds is 2. The lowest BCUT2D eigenvalue weighted by molar-refractivity contribution is 0.0695. The predicted molar refractivity (Wildman–Crippen MR) is 80.8 cm³/mol. The van der Waals surface area contributed by atoms with Crippen LogP contribution in [0.15, 0.2) is 59.5 Å². The number of hydrogen-bond acceptors (Lipinski definition) is 2. The molecular weight excluding hydrogens is 266 g/mol. The van der Waals surface area contributed by atoms with Crippen molar-refractivity contribution in [3.8, 4) is 11.1 Å². The average molecular weight is 279 g/mol. The highest BCUT2D eigenvalue weighted by Crippen LogP contribution is 2.27. The van der Waals surface area contributed by atoms with E-state index in [1.165, 1.54) is 10.5 Å². The highest BCUT2D eigenvalue weighted by molar-refractivity contribution is 5.92. The van der Waals surface area contributed by atoms with Gasteiger partial charge in [0.05, 0.1) is 5.52 Å². The summed E-state index contributed by atoms with van der Waals surface area (Å²) in [5.74, 6) is -1.21. The summed E-state index contributed by atoms with van der Waals surface area (Å²) < 4.78 is 1.38. The normalized spacial score (nSPS) is 10.7. The van der Waals surface area contributed by atoms with E-state index in [2.05, 4.69) is 0 Å². The summed E-state index contributed by atoms with van der Waals surface area (Å²) in [5.41, 5.74) is 2.64. The van der Waals surface area contributed by atoms with Gasteiger partial charge >= 0.3 is 5.97 Å². The fraction of sp³-hybridized carbons (Fsp3) is 0.0588. The second kappa shape index (κ2) is 4.90. The van der Waals surface area contributed by atoms with Crippen LogP contribution in [0.25, 0.3) is 16.6 Å². The van der Waals surface area contributed by atoms with E-state index in [9.17, 15) is 14.7 Å². The molecule has 0 radical (unpaired) electrons. The molecule has 0 amide bonds. The van der Waals surface area contributed by atoms with Gasteiger partial charge in [-0.1, -0.05) is 30.3 Å². The molecule has 0 saturated heterocycles. The van der Waals surface area contributed by atoms with Crippen LogP contribution in [0.3, 0.4) is 0 Å². The van der Waals surface area contributed by atoms with Crippen LogP contribution in [0.1, 0.15) is 15.9 Å². The smallest absolute Gasteiger partial charge is 0.341 e. The fourth-order valence-electron chi connectivity index (χ4n) is 2.49. The molecule has 4 heteroatoms. The molecule has 2 heterocycles. The van der Waals surface area contributed by atoms with Gasteiger partial charge in [0.15, 0.2) is 0 Å². The Balaban J connectivity index is 2.48. The van der Waals surface area contributed by atoms with Gasteiger partial charge in [0.25, 0.3) is 5.56 Å². The third-order valence-electron chi connectivity index (χ3n) is 3.54. The van der Waals surface area contributed by atoms with Crippen molar-refractivity contribution >= 4 is 11.5 Å². The summed E-state index contributed by atoms with van der Waals surface area (Å²) in [6.07, 6.45) is 1.59. The zero-order chi connectivity index (χ0) is 15.0. The summed E-state index contributed by atoms with van der Waals surface area (Å²) in [5, 5.41) is 9.25. The number of benzene rings is 1. The topological polar surface area (TPSA) is 58.8 Å². The summed E-state index contributed by atoms with van der Waals surface area (Å²) in [6.45, 7) is 1.96. The molecule has 0 aliphatic heterocycles. The zero-order valence-electron chi connectivity index (χ0n) is 11.4. The Labute approximate surface area is 120 Å². The third kappa shape index (κ3) is 2.10. The van der Waals surface area contributed by atoms with E-state index >= 15 is 0 Å². The van der Waals surface area contributed by atoms with Crippen molar-refractivity contribution in [1.82, 2.24) is 4.40 Å². The van der Waals surface area contributed by atoms with Crippen LogP contribution in [0.2, 0.25) is 0 Å². The molecule has 0 aliphatic carbocycles. The highest BCUT2D eigenvalue weighted by Gasteiger charge is 2.16. The van der Waals surface area contributed by atoms with Crippen molar-refractivity contribution in [2.75, 3.05) is 0 Å². The molecule has 1 aromatic carbocycles. The Hall–Kier alpha value is -2.88. The molecule has 104 valence electrons. The number of hydrogen-bond donors (Lipinski definition) is 1. The van der Waals surface area contributed by atoms with E-state index in [1.807, 2.05) is 43.3 Å². The van der Waals surface area contributed by atoms with Crippen LogP contribution in [0, 0.1) is 6.92 Å². The molecule has 3 aromatic rings. The van der Waals surface area contributed by atoms with Crippen molar-refractivity contribution in [3.63, 3.8) is 0 Å². The number of carboxylic acid groups (broad SMARTS) is 1. The Kier molecular flexibility index (Phi) is 3.06. The number of aromatic nitrogens is 1. The number of nitrogens with zero attached hydrogens (tertiary/aromatic N) is 1. The highest BCUT2D eigenvalue weighted by atomic mass is 16.4. The van der Waals surface area contributed by atoms with Crippen LogP contribution < -0.4 is 5.56 Å². The van der Waals surface area contributed by atoms with Gasteiger partial charge in [-0.05, 0) is 36.2 Å². The van der Waals surface area contributed by atoms with Gasteiger partial charge in [-0.15, -0.1) is 0 Å². The van der Waals surface area contributed by atoms with E-state index < -0.39 is 11.5 Å². The SMILES string of the molecule is Cc1ccccc1-c1cc(C(=O)O)c(=O)n2ccccc12. The van der Waals surface area contributed by atoms with Gasteiger partial charge in [-0.25, -0.2) is 4.79 Å². The van der Waals surface area contributed by atoms with Crippen molar-refractivity contribution in [2.45, 2.75) is 6.92 Å². The van der Waals surface area contributed by atoms with E-state index in [-0.39, 0.29) is 5.56 Å². The molecule has 21 heavy (non-hydrogen) atoms. The summed E-state index contributed by atoms with van der Waals surface area (Å²) in [7, 11) is 0. The number of aryl methyl sites for hydroxylation is 1. The summed E-state index contributed by atoms with van der Waals surface area (Å²) in [4.78, 5) is 23.5. The van der Waals surface area contributed by atoms with Gasteiger partial charge in [0, 0.05) is 11.8 Å². The standard InChI is InChI=1S/C17H13NO3/c1-11-6-2-3-7-12(11)13-10-14(17(20)21)16(19)18-9-5-4-8-15(13)18/h2-10H,1H3,(H,20,21). The molecule has 0 atom stereocenters. The largest absolute Gasteiger partial charge is 0.477 e. The monoisotopic (exact) mass is 279 g/mol. The molecule has 0 fully saturated rings. The quantitative estimate of drug-likeness (QED) is 0.784. The van der Waals surface area contributed by atoms with Crippen LogP contribution in [-0.4, -0.2) is 15.5 Å². The number of carbonyl (C=O) groups is 1. The summed E-state index contributed by atoms with van der Waals surface area (Å²) in [6, 6.07) is 14.5. The Morgan fingerprint density at radius 2 is 1.76 bits per heavy atom. The Bertz CT molecular complexity index is 909. The minimum Gasteiger partial charge on any atom is -0.477 e. The van der Waals surface area contributed by atoms with Crippen molar-refractivity contribution in [3.05, 3.63) is 76.2 Å². The number of carboxylic acids is 1. The van der Waals surface area contributed by atoms with Gasteiger partial charge in [-0.2, -0.15) is 0 Å². The van der Waals surface area contributed by atoms with Crippen molar-refractivity contribution < 1.29 is 9.90 Å². The lowest BCUT2D eigenvalue weighted by Gasteiger charge is -2.11. The summed E-state index contributed by atoms with van der Waals surface area (Å²) >= 11 is 0. The zero-order valence-corrected chi connectivity index (χ0v) is 11.4. The van der Waals surface area contributed by atoms with E-state index in [0.29, 0.717) is 5.52 Å².